The van der Waals surface area contributed by atoms with E-state index in [0.29, 0.717) is 36.3 Å². The summed E-state index contributed by atoms with van der Waals surface area (Å²) in [6, 6.07) is 13.8. The SMILES string of the molecule is CCOCCCNC(=O)[C@@H](C)N(Cc1ccc(Cl)cc1)C(=O)Cc1ccc(Cl)cc1. The summed E-state index contributed by atoms with van der Waals surface area (Å²) in [5.74, 6) is -0.325. The van der Waals surface area contributed by atoms with Gasteiger partial charge in [0.25, 0.3) is 0 Å². The van der Waals surface area contributed by atoms with Gasteiger partial charge in [-0.25, -0.2) is 0 Å². The molecule has 0 aromatic heterocycles. The van der Waals surface area contributed by atoms with Crippen LogP contribution in [0.1, 0.15) is 31.4 Å². The van der Waals surface area contributed by atoms with Crippen LogP contribution >= 0.6 is 23.2 Å². The standard InChI is InChI=1S/C23H28Cl2N2O3/c1-3-30-14-4-13-26-23(29)17(2)27(16-19-7-11-21(25)12-8-19)22(28)15-18-5-9-20(24)10-6-18/h5-12,17H,3-4,13-16H2,1-2H3,(H,26,29)/t17-/m1/s1. The van der Waals surface area contributed by atoms with E-state index in [1.165, 1.54) is 0 Å². The molecule has 0 saturated carbocycles. The molecule has 1 atom stereocenters. The van der Waals surface area contributed by atoms with E-state index in [4.69, 9.17) is 27.9 Å². The quantitative estimate of drug-likeness (QED) is 0.512. The van der Waals surface area contributed by atoms with Gasteiger partial charge in [0, 0.05) is 36.3 Å². The van der Waals surface area contributed by atoms with Gasteiger partial charge in [-0.3, -0.25) is 9.59 Å². The van der Waals surface area contributed by atoms with Crippen molar-refractivity contribution in [2.75, 3.05) is 19.8 Å². The largest absolute Gasteiger partial charge is 0.382 e. The molecule has 162 valence electrons. The average Bonchev–Trinajstić information content (AvgIpc) is 2.74. The Morgan fingerprint density at radius 1 is 1.00 bits per heavy atom. The van der Waals surface area contributed by atoms with E-state index in [1.807, 2.05) is 31.2 Å². The molecule has 30 heavy (non-hydrogen) atoms. The van der Waals surface area contributed by atoms with Crippen LogP contribution in [-0.2, 0) is 27.3 Å². The van der Waals surface area contributed by atoms with Crippen molar-refractivity contribution in [3.05, 3.63) is 69.7 Å². The monoisotopic (exact) mass is 450 g/mol. The summed E-state index contributed by atoms with van der Waals surface area (Å²) in [5.41, 5.74) is 1.75. The number of nitrogens with one attached hydrogen (secondary N) is 1. The Balaban J connectivity index is 2.08. The maximum absolute atomic E-state index is 13.1. The van der Waals surface area contributed by atoms with Crippen molar-refractivity contribution in [3.63, 3.8) is 0 Å². The number of carbonyl (C=O) groups is 2. The Bertz CT molecular complexity index is 810. The zero-order valence-electron chi connectivity index (χ0n) is 17.4. The van der Waals surface area contributed by atoms with Crippen LogP contribution in [-0.4, -0.2) is 42.5 Å². The zero-order chi connectivity index (χ0) is 21.9. The predicted molar refractivity (Wildman–Crippen MR) is 121 cm³/mol. The van der Waals surface area contributed by atoms with E-state index in [9.17, 15) is 9.59 Å². The molecule has 0 fully saturated rings. The molecule has 0 aliphatic heterocycles. The fourth-order valence-electron chi connectivity index (χ4n) is 2.93. The molecule has 1 N–H and O–H groups in total. The van der Waals surface area contributed by atoms with E-state index in [1.54, 1.807) is 36.1 Å². The normalized spacial score (nSPS) is 11.7. The average molecular weight is 451 g/mol. The molecule has 7 heteroatoms. The molecular weight excluding hydrogens is 423 g/mol. The van der Waals surface area contributed by atoms with Gasteiger partial charge in [0.15, 0.2) is 0 Å². The van der Waals surface area contributed by atoms with E-state index >= 15 is 0 Å². The summed E-state index contributed by atoms with van der Waals surface area (Å²) < 4.78 is 5.29. The van der Waals surface area contributed by atoms with Gasteiger partial charge in [0.05, 0.1) is 6.42 Å². The third kappa shape index (κ3) is 7.98. The summed E-state index contributed by atoms with van der Waals surface area (Å²) in [6.07, 6.45) is 0.912. The van der Waals surface area contributed by atoms with Gasteiger partial charge in [-0.05, 0) is 55.7 Å². The number of nitrogens with zero attached hydrogens (tertiary/aromatic N) is 1. The van der Waals surface area contributed by atoms with Crippen molar-refractivity contribution < 1.29 is 14.3 Å². The Hall–Kier alpha value is -2.08. The molecule has 0 heterocycles. The second-order valence-corrected chi connectivity index (χ2v) is 7.84. The molecule has 0 aliphatic carbocycles. The third-order valence-corrected chi connectivity index (χ3v) is 5.17. The van der Waals surface area contributed by atoms with Crippen LogP contribution in [0.4, 0.5) is 0 Å². The van der Waals surface area contributed by atoms with Crippen LogP contribution in [0.5, 0.6) is 0 Å². The highest BCUT2D eigenvalue weighted by atomic mass is 35.5. The number of hydrogen-bond acceptors (Lipinski definition) is 3. The third-order valence-electron chi connectivity index (χ3n) is 4.67. The number of rotatable bonds is 11. The summed E-state index contributed by atoms with van der Waals surface area (Å²) in [6.45, 7) is 5.74. The fraction of sp³-hybridized carbons (Fsp3) is 0.391. The smallest absolute Gasteiger partial charge is 0.242 e. The molecule has 5 nitrogen and oxygen atoms in total. The first kappa shape index (κ1) is 24.2. The van der Waals surface area contributed by atoms with E-state index in [2.05, 4.69) is 5.32 Å². The highest BCUT2D eigenvalue weighted by Crippen LogP contribution is 2.16. The van der Waals surface area contributed by atoms with Crippen molar-refractivity contribution in [1.29, 1.82) is 0 Å². The molecule has 0 unspecified atom stereocenters. The Kier molecular flexibility index (Phi) is 10.1. The summed E-state index contributed by atoms with van der Waals surface area (Å²) in [7, 11) is 0. The fourth-order valence-corrected chi connectivity index (χ4v) is 3.18. The van der Waals surface area contributed by atoms with Crippen molar-refractivity contribution >= 4 is 35.0 Å². The number of carbonyl (C=O) groups excluding carboxylic acids is 2. The highest BCUT2D eigenvalue weighted by Gasteiger charge is 2.26. The minimum Gasteiger partial charge on any atom is -0.382 e. The maximum Gasteiger partial charge on any atom is 0.242 e. The van der Waals surface area contributed by atoms with E-state index < -0.39 is 6.04 Å². The number of amides is 2. The van der Waals surface area contributed by atoms with Crippen LogP contribution in [0.2, 0.25) is 10.0 Å². The number of benzene rings is 2. The van der Waals surface area contributed by atoms with Crippen molar-refractivity contribution in [3.8, 4) is 0 Å². The maximum atomic E-state index is 13.1. The summed E-state index contributed by atoms with van der Waals surface area (Å²) in [4.78, 5) is 27.4. The van der Waals surface area contributed by atoms with E-state index in [0.717, 1.165) is 17.5 Å². The van der Waals surface area contributed by atoms with E-state index in [-0.39, 0.29) is 18.2 Å². The van der Waals surface area contributed by atoms with Crippen LogP contribution in [0, 0.1) is 0 Å². The van der Waals surface area contributed by atoms with Crippen LogP contribution in [0.3, 0.4) is 0 Å². The first-order chi connectivity index (χ1) is 14.4. The van der Waals surface area contributed by atoms with Crippen LogP contribution in [0.25, 0.3) is 0 Å². The molecule has 0 radical (unpaired) electrons. The topological polar surface area (TPSA) is 58.6 Å². The molecule has 0 saturated heterocycles. The van der Waals surface area contributed by atoms with Crippen molar-refractivity contribution in [2.45, 2.75) is 39.3 Å². The Morgan fingerprint density at radius 2 is 1.57 bits per heavy atom. The van der Waals surface area contributed by atoms with Gasteiger partial charge >= 0.3 is 0 Å². The number of halogens is 2. The predicted octanol–water partition coefficient (Wildman–Crippen LogP) is 4.50. The summed E-state index contributed by atoms with van der Waals surface area (Å²) in [5, 5.41) is 4.13. The van der Waals surface area contributed by atoms with Gasteiger partial charge in [0.2, 0.25) is 11.8 Å². The van der Waals surface area contributed by atoms with Gasteiger partial charge in [-0.2, -0.15) is 0 Å². The van der Waals surface area contributed by atoms with Crippen LogP contribution < -0.4 is 5.32 Å². The molecule has 2 rings (SSSR count). The van der Waals surface area contributed by atoms with Gasteiger partial charge in [-0.15, -0.1) is 0 Å². The van der Waals surface area contributed by atoms with Gasteiger partial charge < -0.3 is 15.0 Å². The lowest BCUT2D eigenvalue weighted by Crippen LogP contribution is -2.48. The minimum absolute atomic E-state index is 0.135. The lowest BCUT2D eigenvalue weighted by atomic mass is 10.1. The molecule has 2 aromatic carbocycles. The Morgan fingerprint density at radius 3 is 2.13 bits per heavy atom. The van der Waals surface area contributed by atoms with Gasteiger partial charge in [-0.1, -0.05) is 47.5 Å². The second-order valence-electron chi connectivity index (χ2n) is 6.97. The molecule has 2 amide bonds. The molecule has 2 aromatic rings. The van der Waals surface area contributed by atoms with Gasteiger partial charge in [0.1, 0.15) is 6.04 Å². The summed E-state index contributed by atoms with van der Waals surface area (Å²) >= 11 is 11.9. The molecule has 0 spiro atoms. The number of hydrogen-bond donors (Lipinski definition) is 1. The lowest BCUT2D eigenvalue weighted by molar-refractivity contribution is -0.140. The highest BCUT2D eigenvalue weighted by molar-refractivity contribution is 6.30. The van der Waals surface area contributed by atoms with Crippen molar-refractivity contribution in [2.24, 2.45) is 0 Å². The first-order valence-corrected chi connectivity index (χ1v) is 10.8. The minimum atomic E-state index is -0.618. The Labute approximate surface area is 188 Å². The first-order valence-electron chi connectivity index (χ1n) is 10.0. The number of ether oxygens (including phenoxy) is 1. The van der Waals surface area contributed by atoms with Crippen molar-refractivity contribution in [1.82, 2.24) is 10.2 Å². The lowest BCUT2D eigenvalue weighted by Gasteiger charge is -2.29. The molecular formula is C23H28Cl2N2O3. The second kappa shape index (κ2) is 12.6. The molecule has 0 aliphatic rings. The molecule has 0 bridgehead atoms. The van der Waals surface area contributed by atoms with Crippen LogP contribution in [0.15, 0.2) is 48.5 Å². The zero-order valence-corrected chi connectivity index (χ0v) is 18.9.